The van der Waals surface area contributed by atoms with Crippen LogP contribution in [-0.2, 0) is 9.47 Å². The molecule has 0 aromatic heterocycles. The van der Waals surface area contributed by atoms with E-state index in [1.54, 1.807) is 102 Å². The van der Waals surface area contributed by atoms with Crippen molar-refractivity contribution in [2.24, 2.45) is 0 Å². The molecule has 0 fully saturated rings. The fourth-order valence-electron chi connectivity index (χ4n) is 10.5. The van der Waals surface area contributed by atoms with Crippen LogP contribution in [0.3, 0.4) is 0 Å². The molecule has 510 valence electrons. The summed E-state index contributed by atoms with van der Waals surface area (Å²) in [5.74, 6) is 5.40. The van der Waals surface area contributed by atoms with Crippen molar-refractivity contribution in [1.29, 1.82) is 0 Å². The van der Waals surface area contributed by atoms with Crippen molar-refractivity contribution >= 4 is 64.1 Å². The maximum Gasteiger partial charge on any atom is 0.145 e. The minimum atomic E-state index is -0.356. The highest BCUT2D eigenvalue weighted by molar-refractivity contribution is 5.80. The molecule has 0 amide bonds. The summed E-state index contributed by atoms with van der Waals surface area (Å²) in [6.45, 7) is 7.93. The molecule has 15 nitrogen and oxygen atoms in total. The molecule has 12 aromatic rings. The number of aliphatic hydroxyl groups is 2. The topological polar surface area (TPSA) is 186 Å². The standard InChI is InChI=1S/C38H29NO4.C34H29NO4.C14H21NO4/c40-33-10-5-13-37(26-33)42-35-23-21-31(22-24-35)39(30-19-17-29(18-20-30)16-15-28-7-2-1-3-8-28)32-9-4-12-36(25-32)43-38-14-6-11-34(41)27-38;1-24(2)20-25-12-14-26(15-13-25)35(27-16-18-31(19-17-27)38-33-10-4-7-29(36)22-33)28-6-3-9-32(21-28)39-34-11-5-8-30(37)23-34;1-12(2)7-13-3-5-14(6-4-13)15(8-18-10-16)9-19-11-17/h1-27,40-41H;3-23,36-37H,1-2H3;3-7,16-17H,8-11H2,1-2H3. The zero-order chi connectivity index (χ0) is 70.7. The fraction of sp³-hybridized carbons (Fsp3) is 0.0930. The van der Waals surface area contributed by atoms with Crippen molar-refractivity contribution < 1.29 is 59.1 Å². The number of hydrogen-bond acceptors (Lipinski definition) is 15. The molecule has 0 aliphatic heterocycles. The van der Waals surface area contributed by atoms with Gasteiger partial charge in [-0.2, -0.15) is 0 Å². The molecule has 101 heavy (non-hydrogen) atoms. The highest BCUT2D eigenvalue weighted by Crippen LogP contribution is 2.41. The van der Waals surface area contributed by atoms with Crippen LogP contribution in [0.2, 0.25) is 0 Å². The van der Waals surface area contributed by atoms with Gasteiger partial charge in [0, 0.05) is 76.2 Å². The number of aliphatic hydroxyl groups excluding tert-OH is 2. The van der Waals surface area contributed by atoms with Crippen LogP contribution in [0, 0.1) is 0 Å². The molecule has 0 spiro atoms. The smallest absolute Gasteiger partial charge is 0.145 e. The highest BCUT2D eigenvalue weighted by atomic mass is 16.6. The van der Waals surface area contributed by atoms with E-state index in [1.807, 2.05) is 153 Å². The van der Waals surface area contributed by atoms with E-state index in [2.05, 4.69) is 109 Å². The lowest BCUT2D eigenvalue weighted by molar-refractivity contribution is -0.0306. The summed E-state index contributed by atoms with van der Waals surface area (Å²) >= 11 is 0. The second-order valence-corrected chi connectivity index (χ2v) is 23.5. The average molecular weight is 1350 g/mol. The van der Waals surface area contributed by atoms with Crippen LogP contribution in [-0.4, -0.2) is 57.7 Å². The van der Waals surface area contributed by atoms with Crippen LogP contribution in [0.4, 0.5) is 39.8 Å². The summed E-state index contributed by atoms with van der Waals surface area (Å²) in [6, 6.07) is 92.9. The van der Waals surface area contributed by atoms with Crippen LogP contribution < -0.4 is 33.6 Å². The highest BCUT2D eigenvalue weighted by Gasteiger charge is 2.17. The molecule has 0 saturated heterocycles. The van der Waals surface area contributed by atoms with Gasteiger partial charge in [0.15, 0.2) is 0 Å². The van der Waals surface area contributed by atoms with Crippen LogP contribution >= 0.6 is 0 Å². The number of phenols is 4. The maximum absolute atomic E-state index is 9.87. The van der Waals surface area contributed by atoms with Crippen molar-refractivity contribution in [3.63, 3.8) is 0 Å². The van der Waals surface area contributed by atoms with Gasteiger partial charge in [0.2, 0.25) is 0 Å². The minimum Gasteiger partial charge on any atom is -0.508 e. The minimum absolute atomic E-state index is 0.143. The number of allylic oxidation sites excluding steroid dienone is 2. The molecule has 0 unspecified atom stereocenters. The molecule has 0 bridgehead atoms. The van der Waals surface area contributed by atoms with Gasteiger partial charge in [-0.3, -0.25) is 0 Å². The van der Waals surface area contributed by atoms with E-state index in [0.29, 0.717) is 46.0 Å². The lowest BCUT2D eigenvalue weighted by Crippen LogP contribution is -2.29. The molecular weight excluding hydrogens is 1270 g/mol. The van der Waals surface area contributed by atoms with Gasteiger partial charge in [-0.1, -0.05) is 139 Å². The van der Waals surface area contributed by atoms with Crippen LogP contribution in [0.5, 0.6) is 69.0 Å². The number of nitrogens with zero attached hydrogens (tertiary/aromatic N) is 3. The van der Waals surface area contributed by atoms with Crippen molar-refractivity contribution in [3.8, 4) is 69.0 Å². The first-order chi connectivity index (χ1) is 49.2. The first-order valence-corrected chi connectivity index (χ1v) is 32.5. The van der Waals surface area contributed by atoms with Gasteiger partial charge in [-0.15, -0.1) is 0 Å². The number of anilines is 7. The second-order valence-electron chi connectivity index (χ2n) is 23.5. The molecule has 0 atom stereocenters. The first-order valence-electron chi connectivity index (χ1n) is 32.5. The summed E-state index contributed by atoms with van der Waals surface area (Å²) in [4.78, 5) is 6.04. The third kappa shape index (κ3) is 22.0. The summed E-state index contributed by atoms with van der Waals surface area (Å²) in [5, 5.41) is 56.6. The molecule has 12 rings (SSSR count). The molecule has 15 heteroatoms. The third-order valence-electron chi connectivity index (χ3n) is 15.0. The third-order valence-corrected chi connectivity index (χ3v) is 15.0. The Morgan fingerprint density at radius 2 is 0.564 bits per heavy atom. The van der Waals surface area contributed by atoms with E-state index in [1.165, 1.54) is 11.1 Å². The van der Waals surface area contributed by atoms with E-state index < -0.39 is 0 Å². The molecule has 6 N–H and O–H groups in total. The lowest BCUT2D eigenvalue weighted by Gasteiger charge is -2.26. The van der Waals surface area contributed by atoms with E-state index in [-0.39, 0.29) is 50.0 Å². The SMILES string of the molecule is CC(C)=Cc1ccc(N(COCO)COCO)cc1.CC(C)=Cc1ccc(N(c2ccc(Oc3cccc(O)c3)cc2)c2cccc(Oc3cccc(O)c3)c2)cc1.Oc1cccc(Oc2ccc(N(c3ccc(C=Cc4ccccc4)cc3)c3cccc(Oc4cccc(O)c4)c3)cc2)c1. The van der Waals surface area contributed by atoms with Crippen LogP contribution in [0.1, 0.15) is 49.9 Å². The normalized spacial score (nSPS) is 10.6. The monoisotopic (exact) mass is 1350 g/mol. The summed E-state index contributed by atoms with van der Waals surface area (Å²) in [5.41, 5.74) is 13.5. The van der Waals surface area contributed by atoms with Gasteiger partial charge in [0.05, 0.1) is 0 Å². The Morgan fingerprint density at radius 1 is 0.277 bits per heavy atom. The van der Waals surface area contributed by atoms with Gasteiger partial charge in [0.1, 0.15) is 96.0 Å². The molecule has 0 aliphatic carbocycles. The molecule has 0 aliphatic rings. The summed E-state index contributed by atoms with van der Waals surface area (Å²) < 4.78 is 33.9. The van der Waals surface area contributed by atoms with E-state index >= 15 is 0 Å². The van der Waals surface area contributed by atoms with Crippen molar-refractivity contribution in [1.82, 2.24) is 0 Å². The maximum atomic E-state index is 9.87. The predicted octanol–water partition coefficient (Wildman–Crippen LogP) is 21.7. The number of aromatic hydroxyl groups is 4. The quantitative estimate of drug-likeness (QED) is 0.0234. The average Bonchev–Trinajstić information content (AvgIpc) is 0.807. The molecule has 0 heterocycles. The number of benzene rings is 12. The number of ether oxygens (including phenoxy) is 6. The Morgan fingerprint density at radius 3 is 0.891 bits per heavy atom. The van der Waals surface area contributed by atoms with Gasteiger partial charge < -0.3 is 73.8 Å². The zero-order valence-corrected chi connectivity index (χ0v) is 56.4. The largest absolute Gasteiger partial charge is 0.508 e. The first kappa shape index (κ1) is 71.3. The number of phenolic OH excluding ortho intramolecular Hbond substituents is 4. The Bertz CT molecular complexity index is 4650. The van der Waals surface area contributed by atoms with Crippen LogP contribution in [0.15, 0.2) is 308 Å². The van der Waals surface area contributed by atoms with Crippen molar-refractivity contribution in [2.45, 2.75) is 27.7 Å². The predicted molar refractivity (Wildman–Crippen MR) is 404 cm³/mol. The Balaban J connectivity index is 0.000000175. The summed E-state index contributed by atoms with van der Waals surface area (Å²) in [7, 11) is 0. The fourth-order valence-corrected chi connectivity index (χ4v) is 10.5. The van der Waals surface area contributed by atoms with Gasteiger partial charge in [-0.25, -0.2) is 0 Å². The molecule has 12 aromatic carbocycles. The summed E-state index contributed by atoms with van der Waals surface area (Å²) in [6.07, 6.45) is 8.43. The zero-order valence-electron chi connectivity index (χ0n) is 56.4. The Labute approximate surface area is 589 Å². The van der Waals surface area contributed by atoms with Gasteiger partial charge >= 0.3 is 0 Å². The van der Waals surface area contributed by atoms with E-state index in [4.69, 9.17) is 38.6 Å². The van der Waals surface area contributed by atoms with E-state index in [9.17, 15) is 20.4 Å². The van der Waals surface area contributed by atoms with Crippen LogP contribution in [0.25, 0.3) is 24.3 Å². The molecule has 0 saturated carbocycles. The van der Waals surface area contributed by atoms with Crippen molar-refractivity contribution in [3.05, 3.63) is 331 Å². The Hall–Kier alpha value is -12.5. The van der Waals surface area contributed by atoms with Gasteiger partial charge in [-0.05, 0) is 208 Å². The Kier molecular flexibility index (Phi) is 25.5. The second kappa shape index (κ2) is 36.2. The number of rotatable bonds is 25. The number of hydrogen-bond donors (Lipinski definition) is 6. The van der Waals surface area contributed by atoms with Gasteiger partial charge in [0.25, 0.3) is 0 Å². The lowest BCUT2D eigenvalue weighted by atomic mass is 10.1. The molecular formula is C86H79N3O12. The van der Waals surface area contributed by atoms with Crippen molar-refractivity contribution in [2.75, 3.05) is 41.7 Å². The molecule has 0 radical (unpaired) electrons. The van der Waals surface area contributed by atoms with E-state index in [0.717, 1.165) is 62.1 Å².